The van der Waals surface area contributed by atoms with Crippen LogP contribution in [-0.4, -0.2) is 24.4 Å². The molecule has 0 bridgehead atoms. The highest BCUT2D eigenvalue weighted by Crippen LogP contribution is 2.25. The minimum Gasteiger partial charge on any atom is -0.344 e. The van der Waals surface area contributed by atoms with Crippen LogP contribution in [0.4, 0.5) is 0 Å². The Hall–Kier alpha value is -1.82. The summed E-state index contributed by atoms with van der Waals surface area (Å²) in [7, 11) is 1.74. The number of carbonyl (C=O) groups excluding carboxylic acids is 1. The van der Waals surface area contributed by atoms with E-state index in [9.17, 15) is 4.79 Å². The van der Waals surface area contributed by atoms with Crippen LogP contribution in [0.3, 0.4) is 0 Å². The summed E-state index contributed by atoms with van der Waals surface area (Å²) in [4.78, 5) is 13.9. The number of rotatable bonds is 4. The first-order chi connectivity index (χ1) is 8.00. The molecule has 0 aliphatic rings. The van der Waals surface area contributed by atoms with E-state index >= 15 is 0 Å². The average Bonchev–Trinajstić information content (AvgIpc) is 2.36. The van der Waals surface area contributed by atoms with Crippen molar-refractivity contribution in [2.24, 2.45) is 0 Å². The van der Waals surface area contributed by atoms with Gasteiger partial charge >= 0.3 is 0 Å². The largest absolute Gasteiger partial charge is 0.344 e. The highest BCUT2D eigenvalue weighted by Gasteiger charge is 2.31. The summed E-state index contributed by atoms with van der Waals surface area (Å²) in [6.07, 6.45) is 0.368. The molecule has 0 fully saturated rings. The minimum atomic E-state index is -0.550. The van der Waals surface area contributed by atoms with Crippen molar-refractivity contribution in [1.29, 1.82) is 5.26 Å². The lowest BCUT2D eigenvalue weighted by atomic mass is 9.83. The van der Waals surface area contributed by atoms with Crippen molar-refractivity contribution in [2.45, 2.75) is 25.7 Å². The summed E-state index contributed by atoms with van der Waals surface area (Å²) in [6, 6.07) is 11.8. The van der Waals surface area contributed by atoms with Crippen LogP contribution in [-0.2, 0) is 10.2 Å². The molecule has 0 saturated carbocycles. The molecule has 1 rings (SSSR count). The van der Waals surface area contributed by atoms with Gasteiger partial charge in [-0.15, -0.1) is 0 Å². The second-order valence-corrected chi connectivity index (χ2v) is 4.63. The van der Waals surface area contributed by atoms with E-state index in [1.165, 1.54) is 0 Å². The van der Waals surface area contributed by atoms with Gasteiger partial charge in [-0.2, -0.15) is 5.26 Å². The minimum absolute atomic E-state index is 0.0407. The fraction of sp³-hybridized carbons (Fsp3) is 0.429. The fourth-order valence-corrected chi connectivity index (χ4v) is 1.77. The zero-order valence-corrected chi connectivity index (χ0v) is 10.6. The lowest BCUT2D eigenvalue weighted by molar-refractivity contribution is -0.134. The van der Waals surface area contributed by atoms with Gasteiger partial charge in [-0.05, 0) is 19.4 Å². The van der Waals surface area contributed by atoms with Crippen LogP contribution in [0, 0.1) is 11.3 Å². The fourth-order valence-electron chi connectivity index (χ4n) is 1.77. The Morgan fingerprint density at radius 2 is 1.94 bits per heavy atom. The number of likely N-dealkylation sites (N-methyl/N-ethyl adjacent to an activating group) is 1. The highest BCUT2D eigenvalue weighted by molar-refractivity contribution is 5.87. The normalized spacial score (nSPS) is 10.7. The number of carbonyl (C=O) groups is 1. The Bertz CT molecular complexity index is 418. The van der Waals surface area contributed by atoms with Crippen molar-refractivity contribution in [3.63, 3.8) is 0 Å². The van der Waals surface area contributed by atoms with Gasteiger partial charge < -0.3 is 4.90 Å². The molecule has 90 valence electrons. The van der Waals surface area contributed by atoms with Crippen LogP contribution >= 0.6 is 0 Å². The predicted octanol–water partition coefficient (Wildman–Crippen LogP) is 2.34. The summed E-state index contributed by atoms with van der Waals surface area (Å²) >= 11 is 0. The molecule has 0 saturated heterocycles. The van der Waals surface area contributed by atoms with Crippen molar-refractivity contribution in [3.8, 4) is 6.07 Å². The standard InChI is InChI=1S/C14H18N2O/c1-14(2,12-8-5-4-6-9-12)13(17)16(3)11-7-10-15/h4-6,8-9H,7,11H2,1-3H3. The van der Waals surface area contributed by atoms with Gasteiger partial charge in [0, 0.05) is 13.6 Å². The molecular formula is C14H18N2O. The number of hydrogen-bond donors (Lipinski definition) is 0. The van der Waals surface area contributed by atoms with Crippen molar-refractivity contribution < 1.29 is 4.79 Å². The second kappa shape index (κ2) is 5.49. The van der Waals surface area contributed by atoms with Crippen molar-refractivity contribution in [3.05, 3.63) is 35.9 Å². The van der Waals surface area contributed by atoms with Gasteiger partial charge in [0.05, 0.1) is 17.9 Å². The summed E-state index contributed by atoms with van der Waals surface area (Å²) in [5.41, 5.74) is 0.444. The zero-order valence-electron chi connectivity index (χ0n) is 10.6. The van der Waals surface area contributed by atoms with Crippen LogP contribution in [0.5, 0.6) is 0 Å². The highest BCUT2D eigenvalue weighted by atomic mass is 16.2. The molecule has 3 heteroatoms. The van der Waals surface area contributed by atoms with E-state index in [0.29, 0.717) is 13.0 Å². The molecule has 0 N–H and O–H groups in total. The topological polar surface area (TPSA) is 44.1 Å². The van der Waals surface area contributed by atoms with Gasteiger partial charge in [-0.1, -0.05) is 30.3 Å². The van der Waals surface area contributed by atoms with Crippen molar-refractivity contribution in [2.75, 3.05) is 13.6 Å². The molecule has 1 aromatic rings. The Balaban J connectivity index is 2.84. The Labute approximate surface area is 103 Å². The van der Waals surface area contributed by atoms with Crippen LogP contribution in [0.15, 0.2) is 30.3 Å². The van der Waals surface area contributed by atoms with Gasteiger partial charge in [0.15, 0.2) is 0 Å². The number of amides is 1. The van der Waals surface area contributed by atoms with Crippen LogP contribution in [0.2, 0.25) is 0 Å². The molecule has 3 nitrogen and oxygen atoms in total. The maximum absolute atomic E-state index is 12.3. The molecule has 0 aromatic heterocycles. The monoisotopic (exact) mass is 230 g/mol. The van der Waals surface area contributed by atoms with Crippen molar-refractivity contribution in [1.82, 2.24) is 4.90 Å². The van der Waals surface area contributed by atoms with Crippen LogP contribution in [0.25, 0.3) is 0 Å². The lowest BCUT2D eigenvalue weighted by Gasteiger charge is -2.29. The van der Waals surface area contributed by atoms with Gasteiger partial charge in [0.1, 0.15) is 0 Å². The van der Waals surface area contributed by atoms with Gasteiger partial charge in [0.25, 0.3) is 0 Å². The number of nitriles is 1. The zero-order chi connectivity index (χ0) is 12.9. The van der Waals surface area contributed by atoms with Crippen LogP contribution < -0.4 is 0 Å². The van der Waals surface area contributed by atoms with Crippen molar-refractivity contribution >= 4 is 5.91 Å². The number of hydrogen-bond acceptors (Lipinski definition) is 2. The van der Waals surface area contributed by atoms with E-state index in [-0.39, 0.29) is 5.91 Å². The molecule has 1 amide bonds. The lowest BCUT2D eigenvalue weighted by Crippen LogP contribution is -2.41. The SMILES string of the molecule is CN(CCC#N)C(=O)C(C)(C)c1ccccc1. The Kier molecular flexibility index (Phi) is 4.28. The molecule has 0 heterocycles. The van der Waals surface area contributed by atoms with Crippen LogP contribution in [0.1, 0.15) is 25.8 Å². The first kappa shape index (κ1) is 13.2. The van der Waals surface area contributed by atoms with E-state index in [1.807, 2.05) is 44.2 Å². The molecule has 1 aromatic carbocycles. The second-order valence-electron chi connectivity index (χ2n) is 4.63. The summed E-state index contributed by atoms with van der Waals surface area (Å²) in [6.45, 7) is 4.30. The Morgan fingerprint density at radius 3 is 2.47 bits per heavy atom. The number of benzene rings is 1. The Morgan fingerprint density at radius 1 is 1.35 bits per heavy atom. The quantitative estimate of drug-likeness (QED) is 0.796. The third-order valence-corrected chi connectivity index (χ3v) is 2.94. The smallest absolute Gasteiger partial charge is 0.232 e. The third kappa shape index (κ3) is 3.07. The summed E-state index contributed by atoms with van der Waals surface area (Å²) < 4.78 is 0. The first-order valence-electron chi connectivity index (χ1n) is 5.68. The molecule has 0 aliphatic carbocycles. The van der Waals surface area contributed by atoms with E-state index < -0.39 is 5.41 Å². The van der Waals surface area contributed by atoms with E-state index in [1.54, 1.807) is 11.9 Å². The third-order valence-electron chi connectivity index (χ3n) is 2.94. The van der Waals surface area contributed by atoms with Gasteiger partial charge in [-0.3, -0.25) is 4.79 Å². The average molecular weight is 230 g/mol. The molecule has 0 radical (unpaired) electrons. The van der Waals surface area contributed by atoms with E-state index in [2.05, 4.69) is 6.07 Å². The molecule has 0 spiro atoms. The van der Waals surface area contributed by atoms with E-state index in [0.717, 1.165) is 5.56 Å². The summed E-state index contributed by atoms with van der Waals surface area (Å²) in [5, 5.41) is 8.53. The molecular weight excluding hydrogens is 212 g/mol. The summed E-state index contributed by atoms with van der Waals surface area (Å²) in [5.74, 6) is 0.0407. The molecule has 0 aliphatic heterocycles. The number of nitrogens with zero attached hydrogens (tertiary/aromatic N) is 2. The maximum atomic E-state index is 12.3. The maximum Gasteiger partial charge on any atom is 0.232 e. The first-order valence-corrected chi connectivity index (χ1v) is 5.68. The molecule has 17 heavy (non-hydrogen) atoms. The molecule has 0 atom stereocenters. The van der Waals surface area contributed by atoms with Gasteiger partial charge in [-0.25, -0.2) is 0 Å². The van der Waals surface area contributed by atoms with Gasteiger partial charge in [0.2, 0.25) is 5.91 Å². The predicted molar refractivity (Wildman–Crippen MR) is 67.3 cm³/mol. The van der Waals surface area contributed by atoms with E-state index in [4.69, 9.17) is 5.26 Å². The molecule has 0 unspecified atom stereocenters.